The van der Waals surface area contributed by atoms with Crippen LogP contribution in [0.4, 0.5) is 0 Å². The molecule has 0 heterocycles. The third kappa shape index (κ3) is 4.40. The molecule has 2 N–H and O–H groups in total. The maximum atomic E-state index is 9.39. The molecule has 1 rings (SSSR count). The molecule has 0 amide bonds. The van der Waals surface area contributed by atoms with Crippen molar-refractivity contribution in [2.24, 2.45) is 5.92 Å². The molecular weight excluding hydrogens is 200 g/mol. The molecule has 1 aliphatic carbocycles. The topological polar surface area (TPSA) is 35.5 Å². The maximum absolute atomic E-state index is 9.39. The minimum atomic E-state index is 0.295. The molecule has 0 aromatic carbocycles. The Hall–Kier alpha value is -0.120. The summed E-state index contributed by atoms with van der Waals surface area (Å²) in [7, 11) is 0. The lowest BCUT2D eigenvalue weighted by molar-refractivity contribution is 0.192. The summed E-state index contributed by atoms with van der Waals surface area (Å²) in [5.41, 5.74) is 0. The second-order valence-corrected chi connectivity index (χ2v) is 4.81. The van der Waals surface area contributed by atoms with Crippen LogP contribution >= 0.6 is 0 Å². The Kier molecular flexibility index (Phi) is 7.01. The smallest absolute Gasteiger partial charge is 0.0587 e. The first-order chi connectivity index (χ1) is 7.81. The van der Waals surface area contributed by atoms with E-state index in [1.807, 2.05) is 0 Å². The highest BCUT2D eigenvalue weighted by molar-refractivity contribution is 4.80. The van der Waals surface area contributed by atoms with E-state index in [-0.39, 0.29) is 0 Å². The molecule has 0 aromatic rings. The first-order valence-corrected chi connectivity index (χ1v) is 6.88. The third-order valence-corrected chi connectivity index (χ3v) is 3.89. The molecule has 96 valence electrons. The van der Waals surface area contributed by atoms with Crippen molar-refractivity contribution in [2.45, 2.75) is 45.6 Å². The van der Waals surface area contributed by atoms with Crippen molar-refractivity contribution in [3.63, 3.8) is 0 Å². The predicted octanol–water partition coefficient (Wildman–Crippen LogP) is 1.47. The van der Waals surface area contributed by atoms with E-state index in [2.05, 4.69) is 24.1 Å². The standard InChI is InChI=1S/C13H28N2O/c1-3-15(4-2)10-9-14-13(11-16)12-7-5-6-8-12/h12-14,16H,3-11H2,1-2H3. The molecule has 1 saturated carbocycles. The van der Waals surface area contributed by atoms with Crippen molar-refractivity contribution in [3.8, 4) is 0 Å². The van der Waals surface area contributed by atoms with Crippen LogP contribution in [0.2, 0.25) is 0 Å². The third-order valence-electron chi connectivity index (χ3n) is 3.89. The molecule has 0 aromatic heterocycles. The van der Waals surface area contributed by atoms with E-state index in [9.17, 15) is 5.11 Å². The van der Waals surface area contributed by atoms with E-state index < -0.39 is 0 Å². The average Bonchev–Trinajstić information content (AvgIpc) is 2.83. The molecule has 0 spiro atoms. The van der Waals surface area contributed by atoms with Crippen LogP contribution in [0.15, 0.2) is 0 Å². The van der Waals surface area contributed by atoms with Gasteiger partial charge in [-0.1, -0.05) is 26.7 Å². The highest BCUT2D eigenvalue weighted by Gasteiger charge is 2.23. The quantitative estimate of drug-likeness (QED) is 0.660. The molecule has 3 heteroatoms. The summed E-state index contributed by atoms with van der Waals surface area (Å²) < 4.78 is 0. The second kappa shape index (κ2) is 8.04. The number of aliphatic hydroxyl groups is 1. The Labute approximate surface area is 100 Å². The van der Waals surface area contributed by atoms with Gasteiger partial charge < -0.3 is 15.3 Å². The summed E-state index contributed by atoms with van der Waals surface area (Å²) in [6, 6.07) is 0.332. The molecule has 0 aliphatic heterocycles. The molecule has 1 unspecified atom stereocenters. The monoisotopic (exact) mass is 228 g/mol. The van der Waals surface area contributed by atoms with Crippen molar-refractivity contribution in [3.05, 3.63) is 0 Å². The summed E-state index contributed by atoms with van der Waals surface area (Å²) >= 11 is 0. The molecule has 1 aliphatic rings. The first-order valence-electron chi connectivity index (χ1n) is 6.88. The van der Waals surface area contributed by atoms with Gasteiger partial charge in [0.15, 0.2) is 0 Å². The molecule has 1 fully saturated rings. The molecular formula is C13H28N2O. The fraction of sp³-hybridized carbons (Fsp3) is 1.00. The first kappa shape index (κ1) is 13.9. The van der Waals surface area contributed by atoms with Crippen LogP contribution < -0.4 is 5.32 Å². The van der Waals surface area contributed by atoms with E-state index >= 15 is 0 Å². The Balaban J connectivity index is 2.17. The van der Waals surface area contributed by atoms with Crippen molar-refractivity contribution in [1.82, 2.24) is 10.2 Å². The van der Waals surface area contributed by atoms with Crippen LogP contribution in [0.1, 0.15) is 39.5 Å². The summed E-state index contributed by atoms with van der Waals surface area (Å²) in [6.07, 6.45) is 5.28. The number of rotatable bonds is 8. The molecule has 0 saturated heterocycles. The number of hydrogen-bond acceptors (Lipinski definition) is 3. The fourth-order valence-corrected chi connectivity index (χ4v) is 2.69. The van der Waals surface area contributed by atoms with Crippen molar-refractivity contribution in [1.29, 1.82) is 0 Å². The van der Waals surface area contributed by atoms with Crippen LogP contribution in [0.25, 0.3) is 0 Å². The van der Waals surface area contributed by atoms with E-state index in [0.717, 1.165) is 26.2 Å². The number of nitrogens with one attached hydrogen (secondary N) is 1. The van der Waals surface area contributed by atoms with Gasteiger partial charge in [-0.25, -0.2) is 0 Å². The van der Waals surface area contributed by atoms with Gasteiger partial charge in [0.1, 0.15) is 0 Å². The average molecular weight is 228 g/mol. The SMILES string of the molecule is CCN(CC)CCNC(CO)C1CCCC1. The van der Waals surface area contributed by atoms with Crippen LogP contribution in [0.5, 0.6) is 0 Å². The van der Waals surface area contributed by atoms with E-state index in [1.54, 1.807) is 0 Å². The molecule has 0 radical (unpaired) electrons. The van der Waals surface area contributed by atoms with E-state index in [1.165, 1.54) is 25.7 Å². The molecule has 1 atom stereocenters. The van der Waals surface area contributed by atoms with Crippen LogP contribution in [-0.4, -0.2) is 48.8 Å². The summed E-state index contributed by atoms with van der Waals surface area (Å²) in [4.78, 5) is 2.41. The van der Waals surface area contributed by atoms with E-state index in [0.29, 0.717) is 18.6 Å². The zero-order valence-electron chi connectivity index (χ0n) is 10.9. The minimum absolute atomic E-state index is 0.295. The zero-order chi connectivity index (χ0) is 11.8. The van der Waals surface area contributed by atoms with Gasteiger partial charge >= 0.3 is 0 Å². The van der Waals surface area contributed by atoms with Crippen LogP contribution in [0.3, 0.4) is 0 Å². The molecule has 0 bridgehead atoms. The van der Waals surface area contributed by atoms with Crippen molar-refractivity contribution >= 4 is 0 Å². The fourth-order valence-electron chi connectivity index (χ4n) is 2.69. The van der Waals surface area contributed by atoms with Gasteiger partial charge in [-0.05, 0) is 31.8 Å². The highest BCUT2D eigenvalue weighted by atomic mass is 16.3. The van der Waals surface area contributed by atoms with Crippen LogP contribution in [-0.2, 0) is 0 Å². The predicted molar refractivity (Wildman–Crippen MR) is 68.6 cm³/mol. The van der Waals surface area contributed by atoms with Gasteiger partial charge in [0.2, 0.25) is 0 Å². The largest absolute Gasteiger partial charge is 0.395 e. The molecule has 16 heavy (non-hydrogen) atoms. The second-order valence-electron chi connectivity index (χ2n) is 4.81. The number of hydrogen-bond donors (Lipinski definition) is 2. The van der Waals surface area contributed by atoms with Crippen molar-refractivity contribution < 1.29 is 5.11 Å². The summed E-state index contributed by atoms with van der Waals surface area (Å²) in [5.74, 6) is 0.710. The van der Waals surface area contributed by atoms with Gasteiger partial charge in [-0.3, -0.25) is 0 Å². The Bertz CT molecular complexity index is 165. The van der Waals surface area contributed by atoms with Gasteiger partial charge in [-0.15, -0.1) is 0 Å². The zero-order valence-corrected chi connectivity index (χ0v) is 10.9. The summed E-state index contributed by atoms with van der Waals surface area (Å²) in [5, 5.41) is 12.9. The normalized spacial score (nSPS) is 19.5. The van der Waals surface area contributed by atoms with E-state index in [4.69, 9.17) is 0 Å². The number of aliphatic hydroxyl groups excluding tert-OH is 1. The molecule has 3 nitrogen and oxygen atoms in total. The lowest BCUT2D eigenvalue weighted by Crippen LogP contribution is -2.42. The maximum Gasteiger partial charge on any atom is 0.0587 e. The Morgan fingerprint density at radius 3 is 2.38 bits per heavy atom. The Morgan fingerprint density at radius 2 is 1.88 bits per heavy atom. The minimum Gasteiger partial charge on any atom is -0.395 e. The van der Waals surface area contributed by atoms with Crippen LogP contribution in [0, 0.1) is 5.92 Å². The lowest BCUT2D eigenvalue weighted by atomic mass is 9.99. The van der Waals surface area contributed by atoms with Gasteiger partial charge in [0.05, 0.1) is 6.61 Å². The van der Waals surface area contributed by atoms with Crippen molar-refractivity contribution in [2.75, 3.05) is 32.8 Å². The van der Waals surface area contributed by atoms with Gasteiger partial charge in [-0.2, -0.15) is 0 Å². The van der Waals surface area contributed by atoms with Gasteiger partial charge in [0, 0.05) is 19.1 Å². The Morgan fingerprint density at radius 1 is 1.25 bits per heavy atom. The number of nitrogens with zero attached hydrogens (tertiary/aromatic N) is 1. The highest BCUT2D eigenvalue weighted by Crippen LogP contribution is 2.27. The number of likely N-dealkylation sites (N-methyl/N-ethyl adjacent to an activating group) is 1. The summed E-state index contributed by atoms with van der Waals surface area (Å²) in [6.45, 7) is 9.02. The lowest BCUT2D eigenvalue weighted by Gasteiger charge is -2.25. The van der Waals surface area contributed by atoms with Gasteiger partial charge in [0.25, 0.3) is 0 Å².